The van der Waals surface area contributed by atoms with E-state index in [1.54, 1.807) is 6.92 Å². The summed E-state index contributed by atoms with van der Waals surface area (Å²) in [6.45, 7) is 7.99. The Morgan fingerprint density at radius 3 is 2.25 bits per heavy atom. The average Bonchev–Trinajstić information content (AvgIpc) is 2.38. The van der Waals surface area contributed by atoms with E-state index in [2.05, 4.69) is 19.0 Å². The molecule has 20 heavy (non-hydrogen) atoms. The first-order chi connectivity index (χ1) is 9.34. The van der Waals surface area contributed by atoms with Gasteiger partial charge >= 0.3 is 5.97 Å². The van der Waals surface area contributed by atoms with Gasteiger partial charge in [0.15, 0.2) is 0 Å². The van der Waals surface area contributed by atoms with Crippen LogP contribution in [0.25, 0.3) is 0 Å². The van der Waals surface area contributed by atoms with Gasteiger partial charge in [0, 0.05) is 0 Å². The van der Waals surface area contributed by atoms with E-state index in [4.69, 9.17) is 5.11 Å². The van der Waals surface area contributed by atoms with Gasteiger partial charge in [0.25, 0.3) is 0 Å². The third kappa shape index (κ3) is 8.28. The van der Waals surface area contributed by atoms with Crippen LogP contribution in [0.3, 0.4) is 0 Å². The molecule has 0 spiro atoms. The van der Waals surface area contributed by atoms with Crippen LogP contribution in [0.2, 0.25) is 0 Å². The van der Waals surface area contributed by atoms with Gasteiger partial charge in [-0.05, 0) is 32.1 Å². The molecule has 0 aromatic carbocycles. The van der Waals surface area contributed by atoms with Gasteiger partial charge in [0.1, 0.15) is 0 Å². The molecular weight excluding hydrogens is 254 g/mol. The quantitative estimate of drug-likeness (QED) is 0.512. The van der Waals surface area contributed by atoms with E-state index in [9.17, 15) is 9.70 Å². The van der Waals surface area contributed by atoms with Gasteiger partial charge < -0.3 is 5.11 Å². The van der Waals surface area contributed by atoms with E-state index in [0.29, 0.717) is 5.92 Å². The van der Waals surface area contributed by atoms with Gasteiger partial charge in [0.05, 0.1) is 11.5 Å². The molecule has 0 aliphatic rings. The molecule has 0 bridgehead atoms. The van der Waals surface area contributed by atoms with Crippen LogP contribution >= 0.6 is 0 Å². The Bertz CT molecular complexity index is 293. The molecule has 0 aromatic rings. The Kier molecular flexibility index (Phi) is 9.43. The first-order valence-corrected chi connectivity index (χ1v) is 7.92. The summed E-state index contributed by atoms with van der Waals surface area (Å²) in [7, 11) is 0. The summed E-state index contributed by atoms with van der Waals surface area (Å²) in [5.41, 5.74) is -0.397. The number of carbonyl (C=O) groups is 1. The van der Waals surface area contributed by atoms with Crippen LogP contribution in [0, 0.1) is 16.7 Å². The molecule has 0 rings (SSSR count). The summed E-state index contributed by atoms with van der Waals surface area (Å²) >= 11 is 0. The van der Waals surface area contributed by atoms with E-state index in [1.165, 1.54) is 0 Å². The third-order valence-corrected chi connectivity index (χ3v) is 4.18. The normalized spacial score (nSPS) is 17.2. The molecule has 0 radical (unpaired) electrons. The molecule has 1 N–H and O–H groups in total. The second-order valence-corrected chi connectivity index (χ2v) is 6.51. The molecule has 0 saturated heterocycles. The standard InChI is InChI=1S/C16H31NO3/c1-5-11-16(4,17-20)12-7-9-13(2)8-6-10-14(3)15(18)19/h13-14H,5-12H2,1-4H3,(H,18,19). The molecular formula is C16H31NO3. The molecule has 4 nitrogen and oxygen atoms in total. The largest absolute Gasteiger partial charge is 0.481 e. The van der Waals surface area contributed by atoms with Crippen molar-refractivity contribution in [1.29, 1.82) is 0 Å². The maximum Gasteiger partial charge on any atom is 0.306 e. The third-order valence-electron chi connectivity index (χ3n) is 4.18. The fourth-order valence-electron chi connectivity index (χ4n) is 2.63. The van der Waals surface area contributed by atoms with E-state index < -0.39 is 11.5 Å². The van der Waals surface area contributed by atoms with Crippen molar-refractivity contribution in [3.05, 3.63) is 4.91 Å². The first-order valence-electron chi connectivity index (χ1n) is 7.92. The second-order valence-electron chi connectivity index (χ2n) is 6.51. The predicted molar refractivity (Wildman–Crippen MR) is 82.8 cm³/mol. The number of nitroso groups, excluding NO2 is 1. The van der Waals surface area contributed by atoms with Crippen LogP contribution in [0.4, 0.5) is 0 Å². The Morgan fingerprint density at radius 2 is 1.75 bits per heavy atom. The van der Waals surface area contributed by atoms with Crippen molar-refractivity contribution in [2.45, 2.75) is 84.6 Å². The molecule has 0 saturated carbocycles. The molecule has 0 heterocycles. The lowest BCUT2D eigenvalue weighted by Gasteiger charge is -2.21. The highest BCUT2D eigenvalue weighted by Gasteiger charge is 2.23. The van der Waals surface area contributed by atoms with Gasteiger partial charge in [-0.1, -0.05) is 58.1 Å². The molecule has 3 unspecified atom stereocenters. The van der Waals surface area contributed by atoms with Crippen LogP contribution in [0.5, 0.6) is 0 Å². The lowest BCUT2D eigenvalue weighted by Crippen LogP contribution is -2.21. The van der Waals surface area contributed by atoms with Gasteiger partial charge in [-0.3, -0.25) is 4.79 Å². The van der Waals surface area contributed by atoms with Gasteiger partial charge in [-0.15, -0.1) is 0 Å². The Labute approximate surface area is 123 Å². The number of hydrogen-bond donors (Lipinski definition) is 1. The highest BCUT2D eigenvalue weighted by molar-refractivity contribution is 5.69. The van der Waals surface area contributed by atoms with Crippen molar-refractivity contribution in [3.63, 3.8) is 0 Å². The fraction of sp³-hybridized carbons (Fsp3) is 0.938. The predicted octanol–water partition coefficient (Wildman–Crippen LogP) is 5.01. The number of carboxylic acid groups (broad SMARTS) is 1. The smallest absolute Gasteiger partial charge is 0.306 e. The summed E-state index contributed by atoms with van der Waals surface area (Å²) < 4.78 is 0. The van der Waals surface area contributed by atoms with Gasteiger partial charge in [-0.2, -0.15) is 4.91 Å². The first kappa shape index (κ1) is 19.1. The zero-order valence-corrected chi connectivity index (χ0v) is 13.5. The van der Waals surface area contributed by atoms with Gasteiger partial charge in [-0.25, -0.2) is 0 Å². The van der Waals surface area contributed by atoms with E-state index >= 15 is 0 Å². The summed E-state index contributed by atoms with van der Waals surface area (Å²) in [4.78, 5) is 21.6. The molecule has 0 fully saturated rings. The van der Waals surface area contributed by atoms with Crippen molar-refractivity contribution in [2.24, 2.45) is 17.0 Å². The summed E-state index contributed by atoms with van der Waals surface area (Å²) in [5.74, 6) is -0.354. The number of rotatable bonds is 12. The van der Waals surface area contributed by atoms with E-state index in [0.717, 1.165) is 51.4 Å². The zero-order chi connectivity index (χ0) is 15.6. The van der Waals surface area contributed by atoms with Crippen LogP contribution in [0.15, 0.2) is 5.18 Å². The molecule has 0 amide bonds. The topological polar surface area (TPSA) is 66.7 Å². The summed E-state index contributed by atoms with van der Waals surface area (Å²) in [6.07, 6.45) is 7.62. The van der Waals surface area contributed by atoms with Crippen LogP contribution < -0.4 is 0 Å². The van der Waals surface area contributed by atoms with Crippen LogP contribution in [0.1, 0.15) is 79.1 Å². The minimum Gasteiger partial charge on any atom is -0.481 e. The van der Waals surface area contributed by atoms with E-state index in [-0.39, 0.29) is 5.92 Å². The Morgan fingerprint density at radius 1 is 1.15 bits per heavy atom. The molecule has 3 atom stereocenters. The van der Waals surface area contributed by atoms with Crippen molar-refractivity contribution in [3.8, 4) is 0 Å². The van der Waals surface area contributed by atoms with Crippen molar-refractivity contribution in [1.82, 2.24) is 0 Å². The summed E-state index contributed by atoms with van der Waals surface area (Å²) in [5, 5.41) is 12.1. The fourth-order valence-corrected chi connectivity index (χ4v) is 2.63. The van der Waals surface area contributed by atoms with Crippen molar-refractivity contribution >= 4 is 5.97 Å². The average molecular weight is 285 g/mol. The number of nitrogens with zero attached hydrogens (tertiary/aromatic N) is 1. The maximum absolute atomic E-state index is 10.9. The molecule has 0 aromatic heterocycles. The van der Waals surface area contributed by atoms with Crippen LogP contribution in [-0.4, -0.2) is 16.6 Å². The second kappa shape index (κ2) is 9.89. The lowest BCUT2D eigenvalue weighted by molar-refractivity contribution is -0.141. The number of hydrogen-bond acceptors (Lipinski definition) is 3. The van der Waals surface area contributed by atoms with Crippen LogP contribution in [-0.2, 0) is 4.79 Å². The minimum atomic E-state index is -0.704. The van der Waals surface area contributed by atoms with Gasteiger partial charge in [0.2, 0.25) is 0 Å². The SMILES string of the molecule is CCCC(C)(CCCC(C)CCCC(C)C(=O)O)N=O. The highest BCUT2D eigenvalue weighted by Crippen LogP contribution is 2.26. The molecule has 118 valence electrons. The van der Waals surface area contributed by atoms with Crippen molar-refractivity contribution in [2.75, 3.05) is 0 Å². The number of carboxylic acids is 1. The maximum atomic E-state index is 10.9. The highest BCUT2D eigenvalue weighted by atomic mass is 16.4. The summed E-state index contributed by atoms with van der Waals surface area (Å²) in [6, 6.07) is 0. The Balaban J connectivity index is 3.80. The lowest BCUT2D eigenvalue weighted by atomic mass is 9.88. The Hall–Kier alpha value is -0.930. The monoisotopic (exact) mass is 285 g/mol. The van der Waals surface area contributed by atoms with Crippen molar-refractivity contribution < 1.29 is 9.90 Å². The van der Waals surface area contributed by atoms with E-state index in [1.807, 2.05) is 6.92 Å². The zero-order valence-electron chi connectivity index (χ0n) is 13.5. The minimum absolute atomic E-state index is 0.241. The number of aliphatic carboxylic acids is 1. The molecule has 0 aliphatic heterocycles. The molecule has 0 aliphatic carbocycles. The molecule has 4 heteroatoms.